The molecule has 33 heavy (non-hydrogen) atoms. The summed E-state index contributed by atoms with van der Waals surface area (Å²) in [5, 5.41) is 3.13. The van der Waals surface area contributed by atoms with Crippen LogP contribution in [0, 0.1) is 0 Å². The number of pyridine rings is 1. The number of ether oxygens (including phenoxy) is 1. The van der Waals surface area contributed by atoms with Gasteiger partial charge in [-0.2, -0.15) is 0 Å². The second kappa shape index (κ2) is 10.1. The van der Waals surface area contributed by atoms with Crippen molar-refractivity contribution in [1.82, 2.24) is 15.8 Å². The van der Waals surface area contributed by atoms with Crippen LogP contribution in [0.3, 0.4) is 0 Å². The lowest BCUT2D eigenvalue weighted by molar-refractivity contribution is -0.138. The maximum Gasteiger partial charge on any atom is 0.265 e. The maximum absolute atomic E-state index is 13.7. The van der Waals surface area contributed by atoms with Gasteiger partial charge in [0.1, 0.15) is 11.5 Å². The summed E-state index contributed by atoms with van der Waals surface area (Å²) in [7, 11) is -4.01. The number of rotatable bonds is 8. The van der Waals surface area contributed by atoms with Gasteiger partial charge in [-0.05, 0) is 67.9 Å². The molecule has 0 bridgehead atoms. The van der Waals surface area contributed by atoms with E-state index in [1.807, 2.05) is 30.3 Å². The molecular weight excluding hydrogens is 442 g/mol. The molecule has 1 aliphatic heterocycles. The van der Waals surface area contributed by atoms with Crippen LogP contribution in [0.15, 0.2) is 84.0 Å². The van der Waals surface area contributed by atoms with Gasteiger partial charge in [0, 0.05) is 6.20 Å². The molecular formula is C24H25N3O5S. The lowest BCUT2D eigenvalue weighted by Gasteiger charge is -2.35. The Morgan fingerprint density at radius 2 is 1.70 bits per heavy atom. The Morgan fingerprint density at radius 1 is 0.970 bits per heavy atom. The molecule has 0 radical (unpaired) electrons. The van der Waals surface area contributed by atoms with E-state index < -0.39 is 20.5 Å². The molecule has 1 saturated heterocycles. The topological polar surface area (TPSA) is 107 Å². The van der Waals surface area contributed by atoms with E-state index in [2.05, 4.69) is 15.8 Å². The summed E-state index contributed by atoms with van der Waals surface area (Å²) in [5.41, 5.74) is 3.25. The fourth-order valence-corrected chi connectivity index (χ4v) is 5.73. The summed E-state index contributed by atoms with van der Waals surface area (Å²) in [4.78, 5) is 22.6. The van der Waals surface area contributed by atoms with Gasteiger partial charge in [0.2, 0.25) is 0 Å². The number of amides is 1. The van der Waals surface area contributed by atoms with Crippen LogP contribution in [0.4, 0.5) is 0 Å². The second-order valence-electron chi connectivity index (χ2n) is 7.72. The molecule has 2 N–H and O–H groups in total. The van der Waals surface area contributed by atoms with E-state index in [-0.39, 0.29) is 24.3 Å². The molecule has 1 aromatic heterocycles. The standard InChI is InChI=1S/C24H25N3O5S/c28-23(27-31-18-19-5-2-1-3-6-19)24(12-15-25-16-13-24)33(29,30)22-10-8-20(9-11-22)32-21-7-4-14-26-17-21/h1-11,14,17,25H,12-13,15-16,18H2,(H,27,28). The van der Waals surface area contributed by atoms with Gasteiger partial charge in [-0.3, -0.25) is 14.6 Å². The normalized spacial score (nSPS) is 15.5. The number of hydroxylamine groups is 1. The Bertz CT molecular complexity index is 1160. The fraction of sp³-hybridized carbons (Fsp3) is 0.250. The van der Waals surface area contributed by atoms with Gasteiger partial charge in [-0.25, -0.2) is 13.9 Å². The van der Waals surface area contributed by atoms with Crippen LogP contribution in [0.5, 0.6) is 11.5 Å². The first-order valence-electron chi connectivity index (χ1n) is 10.6. The summed E-state index contributed by atoms with van der Waals surface area (Å²) in [6, 6.07) is 18.9. The van der Waals surface area contributed by atoms with Crippen molar-refractivity contribution >= 4 is 15.7 Å². The van der Waals surface area contributed by atoms with Crippen molar-refractivity contribution in [2.24, 2.45) is 0 Å². The molecule has 1 aliphatic rings. The van der Waals surface area contributed by atoms with Crippen LogP contribution in [0.1, 0.15) is 18.4 Å². The van der Waals surface area contributed by atoms with Crippen molar-refractivity contribution in [3.63, 3.8) is 0 Å². The fourth-order valence-electron chi connectivity index (χ4n) is 3.76. The zero-order valence-corrected chi connectivity index (χ0v) is 18.8. The van der Waals surface area contributed by atoms with Gasteiger partial charge >= 0.3 is 0 Å². The molecule has 2 heterocycles. The Labute approximate surface area is 192 Å². The number of nitrogens with one attached hydrogen (secondary N) is 2. The van der Waals surface area contributed by atoms with Crippen LogP contribution in [0.2, 0.25) is 0 Å². The minimum atomic E-state index is -4.01. The van der Waals surface area contributed by atoms with E-state index in [0.717, 1.165) is 5.56 Å². The second-order valence-corrected chi connectivity index (χ2v) is 9.98. The molecule has 0 spiro atoms. The third kappa shape index (κ3) is 5.05. The smallest absolute Gasteiger partial charge is 0.265 e. The average Bonchev–Trinajstić information content (AvgIpc) is 2.86. The highest BCUT2D eigenvalue weighted by Gasteiger charge is 2.52. The van der Waals surface area contributed by atoms with Crippen molar-refractivity contribution in [3.05, 3.63) is 84.7 Å². The SMILES string of the molecule is O=C(NOCc1ccccc1)C1(S(=O)(=O)c2ccc(Oc3cccnc3)cc2)CCNCC1. The number of hydrogen-bond acceptors (Lipinski definition) is 7. The van der Waals surface area contributed by atoms with E-state index >= 15 is 0 Å². The highest BCUT2D eigenvalue weighted by Crippen LogP contribution is 2.35. The number of sulfone groups is 1. The zero-order chi connectivity index (χ0) is 23.2. The highest BCUT2D eigenvalue weighted by molar-refractivity contribution is 7.93. The molecule has 1 fully saturated rings. The van der Waals surface area contributed by atoms with Crippen LogP contribution in [0.25, 0.3) is 0 Å². The molecule has 0 aliphatic carbocycles. The summed E-state index contributed by atoms with van der Waals surface area (Å²) < 4.78 is 31.4. The lowest BCUT2D eigenvalue weighted by Crippen LogP contribution is -2.57. The number of carbonyl (C=O) groups excluding carboxylic acids is 1. The minimum absolute atomic E-state index is 0.0566. The van der Waals surface area contributed by atoms with Gasteiger partial charge in [-0.1, -0.05) is 30.3 Å². The third-order valence-corrected chi connectivity index (χ3v) is 8.11. The molecule has 4 rings (SSSR count). The van der Waals surface area contributed by atoms with E-state index in [4.69, 9.17) is 9.57 Å². The molecule has 172 valence electrons. The average molecular weight is 468 g/mol. The van der Waals surface area contributed by atoms with Crippen molar-refractivity contribution in [2.75, 3.05) is 13.1 Å². The molecule has 0 unspecified atom stereocenters. The number of aromatic nitrogens is 1. The number of benzene rings is 2. The molecule has 8 nitrogen and oxygen atoms in total. The maximum atomic E-state index is 13.7. The summed E-state index contributed by atoms with van der Waals surface area (Å²) >= 11 is 0. The first-order valence-corrected chi connectivity index (χ1v) is 12.1. The van der Waals surface area contributed by atoms with Crippen molar-refractivity contribution < 1.29 is 22.8 Å². The van der Waals surface area contributed by atoms with Crippen molar-refractivity contribution in [2.45, 2.75) is 29.1 Å². The highest BCUT2D eigenvalue weighted by atomic mass is 32.2. The predicted octanol–water partition coefficient (Wildman–Crippen LogP) is 3.02. The number of nitrogens with zero attached hydrogens (tertiary/aromatic N) is 1. The van der Waals surface area contributed by atoms with Gasteiger partial charge in [0.25, 0.3) is 5.91 Å². The molecule has 9 heteroatoms. The Kier molecular flexibility index (Phi) is 7.02. The monoisotopic (exact) mass is 467 g/mol. The summed E-state index contributed by atoms with van der Waals surface area (Å²) in [6.45, 7) is 0.961. The quantitative estimate of drug-likeness (QED) is 0.491. The summed E-state index contributed by atoms with van der Waals surface area (Å²) in [6.07, 6.45) is 3.48. The van der Waals surface area contributed by atoms with E-state index in [1.165, 1.54) is 12.1 Å². The third-order valence-electron chi connectivity index (χ3n) is 5.59. The van der Waals surface area contributed by atoms with Crippen LogP contribution >= 0.6 is 0 Å². The van der Waals surface area contributed by atoms with Crippen LogP contribution in [-0.2, 0) is 26.1 Å². The predicted molar refractivity (Wildman–Crippen MR) is 122 cm³/mol. The van der Waals surface area contributed by atoms with Gasteiger partial charge in [0.05, 0.1) is 17.7 Å². The Balaban J connectivity index is 1.52. The first kappa shape index (κ1) is 22.9. The molecule has 1 amide bonds. The number of hydrogen-bond donors (Lipinski definition) is 2. The first-order chi connectivity index (χ1) is 16.0. The number of carbonyl (C=O) groups is 1. The van der Waals surface area contributed by atoms with Crippen LogP contribution < -0.4 is 15.5 Å². The molecule has 0 atom stereocenters. The van der Waals surface area contributed by atoms with E-state index in [9.17, 15) is 13.2 Å². The van der Waals surface area contributed by atoms with Crippen LogP contribution in [-0.4, -0.2) is 37.1 Å². The largest absolute Gasteiger partial charge is 0.456 e. The molecule has 0 saturated carbocycles. The van der Waals surface area contributed by atoms with Gasteiger partial charge in [-0.15, -0.1) is 0 Å². The molecule has 2 aromatic carbocycles. The van der Waals surface area contributed by atoms with Crippen molar-refractivity contribution in [3.8, 4) is 11.5 Å². The summed E-state index contributed by atoms with van der Waals surface area (Å²) in [5.74, 6) is 0.352. The van der Waals surface area contributed by atoms with Gasteiger partial charge in [0.15, 0.2) is 14.6 Å². The Morgan fingerprint density at radius 3 is 2.36 bits per heavy atom. The Hall–Kier alpha value is -3.27. The minimum Gasteiger partial charge on any atom is -0.456 e. The van der Waals surface area contributed by atoms with Crippen molar-refractivity contribution in [1.29, 1.82) is 0 Å². The van der Waals surface area contributed by atoms with E-state index in [0.29, 0.717) is 24.6 Å². The van der Waals surface area contributed by atoms with Gasteiger partial charge < -0.3 is 10.1 Å². The zero-order valence-electron chi connectivity index (χ0n) is 17.9. The number of piperidine rings is 1. The molecule has 3 aromatic rings. The lowest BCUT2D eigenvalue weighted by atomic mass is 9.96. The van der Waals surface area contributed by atoms with E-state index in [1.54, 1.807) is 36.7 Å².